The van der Waals surface area contributed by atoms with Gasteiger partial charge in [0.1, 0.15) is 5.75 Å². The second-order valence-corrected chi connectivity index (χ2v) is 5.84. The maximum atomic E-state index is 11.7. The Morgan fingerprint density at radius 1 is 1.00 bits per heavy atom. The van der Waals surface area contributed by atoms with E-state index in [1.807, 2.05) is 50.2 Å². The van der Waals surface area contributed by atoms with E-state index in [1.165, 1.54) is 0 Å². The van der Waals surface area contributed by atoms with Crippen LogP contribution in [0.5, 0.6) is 5.75 Å². The van der Waals surface area contributed by atoms with Gasteiger partial charge in [0.25, 0.3) is 5.91 Å². The summed E-state index contributed by atoms with van der Waals surface area (Å²) in [6.07, 6.45) is 0.746. The van der Waals surface area contributed by atoms with Crippen molar-refractivity contribution < 1.29 is 19.1 Å². The summed E-state index contributed by atoms with van der Waals surface area (Å²) in [5, 5.41) is 2.68. The molecule has 2 rings (SSSR count). The SMILES string of the molecule is Cc1ccc(NC(=O)COC(=O)CCCOc2cccc(C)c2)cc1. The topological polar surface area (TPSA) is 64.6 Å². The van der Waals surface area contributed by atoms with Crippen molar-refractivity contribution in [2.45, 2.75) is 26.7 Å². The molecule has 0 saturated heterocycles. The number of esters is 1. The Labute approximate surface area is 148 Å². The normalized spacial score (nSPS) is 10.2. The molecule has 0 bridgehead atoms. The molecule has 5 heteroatoms. The average molecular weight is 341 g/mol. The van der Waals surface area contributed by atoms with Crippen LogP contribution in [-0.4, -0.2) is 25.1 Å². The van der Waals surface area contributed by atoms with Gasteiger partial charge in [0.05, 0.1) is 6.61 Å². The van der Waals surface area contributed by atoms with E-state index in [-0.39, 0.29) is 18.9 Å². The molecule has 25 heavy (non-hydrogen) atoms. The Hall–Kier alpha value is -2.82. The summed E-state index contributed by atoms with van der Waals surface area (Å²) in [6.45, 7) is 4.10. The summed E-state index contributed by atoms with van der Waals surface area (Å²) in [6, 6.07) is 15.1. The number of benzene rings is 2. The predicted octanol–water partition coefficient (Wildman–Crippen LogP) is 3.64. The van der Waals surface area contributed by atoms with Crippen molar-refractivity contribution in [3.8, 4) is 5.75 Å². The van der Waals surface area contributed by atoms with E-state index in [0.717, 1.165) is 16.9 Å². The molecule has 132 valence electrons. The largest absolute Gasteiger partial charge is 0.494 e. The molecule has 1 amide bonds. The van der Waals surface area contributed by atoms with Gasteiger partial charge in [-0.3, -0.25) is 9.59 Å². The molecule has 2 aromatic carbocycles. The minimum atomic E-state index is -0.410. The highest BCUT2D eigenvalue weighted by atomic mass is 16.5. The molecule has 0 spiro atoms. The molecule has 0 atom stereocenters. The van der Waals surface area contributed by atoms with Crippen molar-refractivity contribution >= 4 is 17.6 Å². The molecule has 1 N–H and O–H groups in total. The number of ether oxygens (including phenoxy) is 2. The van der Waals surface area contributed by atoms with Crippen LogP contribution in [0.15, 0.2) is 48.5 Å². The summed E-state index contributed by atoms with van der Waals surface area (Å²) in [4.78, 5) is 23.4. The second-order valence-electron chi connectivity index (χ2n) is 5.84. The van der Waals surface area contributed by atoms with E-state index in [1.54, 1.807) is 12.1 Å². The van der Waals surface area contributed by atoms with Crippen LogP contribution in [0.3, 0.4) is 0 Å². The Kier molecular flexibility index (Phi) is 7.01. The van der Waals surface area contributed by atoms with Crippen LogP contribution in [-0.2, 0) is 14.3 Å². The third-order valence-electron chi connectivity index (χ3n) is 3.48. The fourth-order valence-electron chi connectivity index (χ4n) is 2.16. The van der Waals surface area contributed by atoms with Crippen LogP contribution in [0.25, 0.3) is 0 Å². The lowest BCUT2D eigenvalue weighted by Gasteiger charge is -2.08. The Bertz CT molecular complexity index is 710. The number of rotatable bonds is 8. The zero-order chi connectivity index (χ0) is 18.1. The summed E-state index contributed by atoms with van der Waals surface area (Å²) in [5.41, 5.74) is 2.91. The lowest BCUT2D eigenvalue weighted by atomic mass is 10.2. The molecule has 2 aromatic rings. The minimum Gasteiger partial charge on any atom is -0.494 e. The minimum absolute atomic E-state index is 0.212. The highest BCUT2D eigenvalue weighted by Gasteiger charge is 2.08. The summed E-state index contributed by atoms with van der Waals surface area (Å²) < 4.78 is 10.5. The lowest BCUT2D eigenvalue weighted by Crippen LogP contribution is -2.21. The Balaban J connectivity index is 1.60. The summed E-state index contributed by atoms with van der Waals surface area (Å²) >= 11 is 0. The molecule has 0 saturated carbocycles. The standard InChI is InChI=1S/C20H23NO4/c1-15-8-10-17(11-9-15)21-19(22)14-25-20(23)7-4-12-24-18-6-3-5-16(2)13-18/h3,5-6,8-11,13H,4,7,12,14H2,1-2H3,(H,21,22). The summed E-state index contributed by atoms with van der Waals surface area (Å²) in [5.74, 6) is 0.0194. The van der Waals surface area contributed by atoms with Crippen LogP contribution in [0.1, 0.15) is 24.0 Å². The van der Waals surface area contributed by atoms with Gasteiger partial charge in [-0.25, -0.2) is 0 Å². The monoisotopic (exact) mass is 341 g/mol. The van der Waals surface area contributed by atoms with Crippen LogP contribution in [0.2, 0.25) is 0 Å². The van der Waals surface area contributed by atoms with Gasteiger partial charge in [0, 0.05) is 12.1 Å². The van der Waals surface area contributed by atoms with E-state index >= 15 is 0 Å². The van der Waals surface area contributed by atoms with Crippen molar-refractivity contribution in [1.82, 2.24) is 0 Å². The van der Waals surface area contributed by atoms with Crippen LogP contribution < -0.4 is 10.1 Å². The maximum Gasteiger partial charge on any atom is 0.306 e. The van der Waals surface area contributed by atoms with Gasteiger partial charge in [-0.1, -0.05) is 29.8 Å². The predicted molar refractivity (Wildman–Crippen MR) is 96.7 cm³/mol. The molecule has 0 fully saturated rings. The Morgan fingerprint density at radius 3 is 2.48 bits per heavy atom. The van der Waals surface area contributed by atoms with E-state index in [4.69, 9.17) is 9.47 Å². The zero-order valence-electron chi connectivity index (χ0n) is 14.6. The number of hydrogen-bond donors (Lipinski definition) is 1. The molecule has 0 heterocycles. The first kappa shape index (κ1) is 18.5. The van der Waals surface area contributed by atoms with E-state index < -0.39 is 5.97 Å². The van der Waals surface area contributed by atoms with Gasteiger partial charge in [0.2, 0.25) is 0 Å². The molecular weight excluding hydrogens is 318 g/mol. The van der Waals surface area contributed by atoms with Crippen molar-refractivity contribution in [3.05, 3.63) is 59.7 Å². The first-order chi connectivity index (χ1) is 12.0. The Morgan fingerprint density at radius 2 is 1.76 bits per heavy atom. The fourth-order valence-corrected chi connectivity index (χ4v) is 2.16. The lowest BCUT2D eigenvalue weighted by molar-refractivity contribution is -0.147. The van der Waals surface area contributed by atoms with E-state index in [0.29, 0.717) is 18.7 Å². The number of carbonyl (C=O) groups is 2. The van der Waals surface area contributed by atoms with Crippen LogP contribution in [0, 0.1) is 13.8 Å². The van der Waals surface area contributed by atoms with E-state index in [2.05, 4.69) is 5.32 Å². The van der Waals surface area contributed by atoms with Gasteiger partial charge in [-0.05, 0) is 50.1 Å². The van der Waals surface area contributed by atoms with Gasteiger partial charge in [-0.15, -0.1) is 0 Å². The zero-order valence-corrected chi connectivity index (χ0v) is 14.6. The molecule has 0 aliphatic carbocycles. The van der Waals surface area contributed by atoms with E-state index in [9.17, 15) is 9.59 Å². The molecule has 5 nitrogen and oxygen atoms in total. The molecule has 0 radical (unpaired) electrons. The highest BCUT2D eigenvalue weighted by Crippen LogP contribution is 2.13. The third-order valence-corrected chi connectivity index (χ3v) is 3.48. The first-order valence-corrected chi connectivity index (χ1v) is 8.24. The molecule has 0 unspecified atom stereocenters. The first-order valence-electron chi connectivity index (χ1n) is 8.24. The summed E-state index contributed by atoms with van der Waals surface area (Å²) in [7, 11) is 0. The highest BCUT2D eigenvalue weighted by molar-refractivity contribution is 5.92. The number of carbonyl (C=O) groups excluding carboxylic acids is 2. The van der Waals surface area contributed by atoms with Gasteiger partial charge >= 0.3 is 5.97 Å². The maximum absolute atomic E-state index is 11.7. The third kappa shape index (κ3) is 7.08. The number of nitrogens with one attached hydrogen (secondary N) is 1. The number of amides is 1. The molecule has 0 aliphatic rings. The molecular formula is C20H23NO4. The number of hydrogen-bond acceptors (Lipinski definition) is 4. The quantitative estimate of drug-likeness (QED) is 0.588. The van der Waals surface area contributed by atoms with Crippen molar-refractivity contribution in [1.29, 1.82) is 0 Å². The van der Waals surface area contributed by atoms with Gasteiger partial charge in [-0.2, -0.15) is 0 Å². The fraction of sp³-hybridized carbons (Fsp3) is 0.300. The molecule has 0 aliphatic heterocycles. The number of anilines is 1. The van der Waals surface area contributed by atoms with Gasteiger partial charge in [0.15, 0.2) is 6.61 Å². The van der Waals surface area contributed by atoms with Crippen molar-refractivity contribution in [2.24, 2.45) is 0 Å². The van der Waals surface area contributed by atoms with Crippen molar-refractivity contribution in [2.75, 3.05) is 18.5 Å². The average Bonchev–Trinajstić information content (AvgIpc) is 2.59. The van der Waals surface area contributed by atoms with Crippen LogP contribution >= 0.6 is 0 Å². The van der Waals surface area contributed by atoms with Gasteiger partial charge < -0.3 is 14.8 Å². The molecule has 0 aromatic heterocycles. The van der Waals surface area contributed by atoms with Crippen molar-refractivity contribution in [3.63, 3.8) is 0 Å². The second kappa shape index (κ2) is 9.47. The van der Waals surface area contributed by atoms with Crippen LogP contribution in [0.4, 0.5) is 5.69 Å². The number of aryl methyl sites for hydroxylation is 2. The smallest absolute Gasteiger partial charge is 0.306 e.